The first-order chi connectivity index (χ1) is 11.9. The molecule has 3 N–H and O–H groups in total. The van der Waals surface area contributed by atoms with Crippen molar-refractivity contribution in [2.24, 2.45) is 0 Å². The summed E-state index contributed by atoms with van der Waals surface area (Å²) in [5, 5.41) is 8.98. The van der Waals surface area contributed by atoms with Gasteiger partial charge >= 0.3 is 12.0 Å². The van der Waals surface area contributed by atoms with Crippen molar-refractivity contribution in [3.8, 4) is 0 Å². The van der Waals surface area contributed by atoms with E-state index < -0.39 is 12.0 Å². The summed E-state index contributed by atoms with van der Waals surface area (Å²) >= 11 is 0. The van der Waals surface area contributed by atoms with Crippen molar-refractivity contribution >= 4 is 12.0 Å². The lowest BCUT2D eigenvalue weighted by Crippen LogP contribution is -2.50. The zero-order valence-electron chi connectivity index (χ0n) is 15.3. The van der Waals surface area contributed by atoms with Crippen LogP contribution in [0.5, 0.6) is 0 Å². The van der Waals surface area contributed by atoms with Crippen molar-refractivity contribution < 1.29 is 14.3 Å². The number of carbonyl (C=O) groups is 2. The fourth-order valence-corrected chi connectivity index (χ4v) is 2.56. The number of hydrogen-bond donors (Lipinski definition) is 3. The van der Waals surface area contributed by atoms with Gasteiger partial charge in [-0.25, -0.2) is 9.59 Å². The van der Waals surface area contributed by atoms with Crippen LogP contribution in [0.2, 0.25) is 0 Å². The predicted octanol–water partition coefficient (Wildman–Crippen LogP) is 2.64. The van der Waals surface area contributed by atoms with Gasteiger partial charge in [-0.15, -0.1) is 0 Å². The molecule has 0 unspecified atom stereocenters. The average molecular weight is 345 g/mol. The normalized spacial score (nSPS) is 17.8. The highest BCUT2D eigenvalue weighted by Crippen LogP contribution is 2.27. The van der Waals surface area contributed by atoms with Gasteiger partial charge in [0, 0.05) is 17.8 Å². The Morgan fingerprint density at radius 3 is 2.52 bits per heavy atom. The molecular weight excluding hydrogens is 318 g/mol. The summed E-state index contributed by atoms with van der Waals surface area (Å²) in [5.74, 6) is -0.421. The summed E-state index contributed by atoms with van der Waals surface area (Å²) < 4.78 is 5.24. The molecule has 0 aromatic heterocycles. The molecule has 0 bridgehead atoms. The van der Waals surface area contributed by atoms with E-state index >= 15 is 0 Å². The molecule has 136 valence electrons. The highest BCUT2D eigenvalue weighted by molar-refractivity contribution is 5.95. The van der Waals surface area contributed by atoms with E-state index in [9.17, 15) is 9.59 Å². The maximum Gasteiger partial charge on any atom is 0.338 e. The van der Waals surface area contributed by atoms with Crippen LogP contribution in [0, 0.1) is 0 Å². The van der Waals surface area contributed by atoms with E-state index in [1.807, 2.05) is 30.3 Å². The van der Waals surface area contributed by atoms with Crippen LogP contribution in [0.15, 0.2) is 41.6 Å². The molecule has 1 aliphatic heterocycles. The molecule has 0 aliphatic carbocycles. The van der Waals surface area contributed by atoms with E-state index in [1.54, 1.807) is 6.92 Å². The summed E-state index contributed by atoms with van der Waals surface area (Å²) in [6, 6.07) is 8.57. The lowest BCUT2D eigenvalue weighted by Gasteiger charge is -2.32. The molecule has 1 heterocycles. The van der Waals surface area contributed by atoms with Crippen molar-refractivity contribution in [3.05, 3.63) is 47.2 Å². The van der Waals surface area contributed by atoms with Gasteiger partial charge in [0.25, 0.3) is 0 Å². The minimum absolute atomic E-state index is 0.107. The van der Waals surface area contributed by atoms with Gasteiger partial charge < -0.3 is 20.7 Å². The molecule has 25 heavy (non-hydrogen) atoms. The predicted molar refractivity (Wildman–Crippen MR) is 96.9 cm³/mol. The van der Waals surface area contributed by atoms with Gasteiger partial charge in [0.05, 0.1) is 18.2 Å². The zero-order chi connectivity index (χ0) is 18.4. The molecule has 6 nitrogen and oxygen atoms in total. The van der Waals surface area contributed by atoms with E-state index in [2.05, 4.69) is 36.7 Å². The third kappa shape index (κ3) is 4.82. The Labute approximate surface area is 149 Å². The third-order valence-corrected chi connectivity index (χ3v) is 4.41. The van der Waals surface area contributed by atoms with Crippen LogP contribution >= 0.6 is 0 Å². The molecular formula is C19H27N3O3. The van der Waals surface area contributed by atoms with Gasteiger partial charge in [0.15, 0.2) is 0 Å². The molecule has 1 aromatic rings. The lowest BCUT2D eigenvalue weighted by atomic mass is 9.94. The van der Waals surface area contributed by atoms with E-state index in [1.165, 1.54) is 0 Å². The number of nitrogens with one attached hydrogen (secondary N) is 3. The molecule has 2 amide bonds. The van der Waals surface area contributed by atoms with Crippen molar-refractivity contribution in [3.63, 3.8) is 0 Å². The Bertz CT molecular complexity index is 653. The summed E-state index contributed by atoms with van der Waals surface area (Å²) in [7, 11) is 0. The van der Waals surface area contributed by atoms with Crippen molar-refractivity contribution in [1.82, 2.24) is 16.0 Å². The monoisotopic (exact) mass is 345 g/mol. The van der Waals surface area contributed by atoms with Crippen LogP contribution in [0.4, 0.5) is 4.79 Å². The first-order valence-corrected chi connectivity index (χ1v) is 8.65. The van der Waals surface area contributed by atoms with E-state index in [0.29, 0.717) is 17.8 Å². The second-order valence-corrected chi connectivity index (χ2v) is 6.65. The molecule has 6 heteroatoms. The minimum atomic E-state index is -0.532. The molecule has 0 spiro atoms. The number of carbonyl (C=O) groups excluding carboxylic acids is 2. The molecule has 1 aromatic carbocycles. The van der Waals surface area contributed by atoms with Crippen molar-refractivity contribution in [1.29, 1.82) is 0 Å². The molecule has 1 atom stereocenters. The Morgan fingerprint density at radius 1 is 1.24 bits per heavy atom. The summed E-state index contributed by atoms with van der Waals surface area (Å²) in [6.45, 7) is 8.67. The summed E-state index contributed by atoms with van der Waals surface area (Å²) in [5.41, 5.74) is 1.72. The van der Waals surface area contributed by atoms with E-state index in [-0.39, 0.29) is 18.2 Å². The fraction of sp³-hybridized carbons (Fsp3) is 0.474. The largest absolute Gasteiger partial charge is 0.463 e. The second kappa shape index (κ2) is 8.16. The minimum Gasteiger partial charge on any atom is -0.463 e. The SMILES string of the molecule is CCOC(=O)C1=C(CNC(C)(C)CC)NC(=O)N[C@H]1c1ccccc1. The van der Waals surface area contributed by atoms with Crippen LogP contribution in [-0.2, 0) is 9.53 Å². The maximum absolute atomic E-state index is 12.6. The van der Waals surface area contributed by atoms with Gasteiger partial charge in [0.2, 0.25) is 0 Å². The van der Waals surface area contributed by atoms with Crippen molar-refractivity contribution in [2.75, 3.05) is 13.2 Å². The first kappa shape index (κ1) is 19.0. The van der Waals surface area contributed by atoms with Gasteiger partial charge in [-0.3, -0.25) is 0 Å². The fourth-order valence-electron chi connectivity index (χ4n) is 2.56. The van der Waals surface area contributed by atoms with Crippen LogP contribution in [0.25, 0.3) is 0 Å². The van der Waals surface area contributed by atoms with Crippen LogP contribution in [0.1, 0.15) is 45.7 Å². The summed E-state index contributed by atoms with van der Waals surface area (Å²) in [4.78, 5) is 24.7. The zero-order valence-corrected chi connectivity index (χ0v) is 15.3. The Kier molecular flexibility index (Phi) is 6.20. The molecule has 1 aliphatic rings. The summed E-state index contributed by atoms with van der Waals surface area (Å²) in [6.07, 6.45) is 0.920. The van der Waals surface area contributed by atoms with Crippen LogP contribution in [0.3, 0.4) is 0 Å². The first-order valence-electron chi connectivity index (χ1n) is 8.65. The molecule has 0 radical (unpaired) electrons. The van der Waals surface area contributed by atoms with Gasteiger partial charge in [0.1, 0.15) is 0 Å². The number of urea groups is 1. The topological polar surface area (TPSA) is 79.5 Å². The van der Waals surface area contributed by atoms with Crippen molar-refractivity contribution in [2.45, 2.75) is 45.7 Å². The third-order valence-electron chi connectivity index (χ3n) is 4.41. The molecule has 0 saturated heterocycles. The maximum atomic E-state index is 12.6. The molecule has 2 rings (SSSR count). The second-order valence-electron chi connectivity index (χ2n) is 6.65. The highest BCUT2D eigenvalue weighted by atomic mass is 16.5. The average Bonchev–Trinajstić information content (AvgIpc) is 2.60. The standard InChI is InChI=1S/C19H27N3O3/c1-5-19(3,4)20-12-14-15(17(23)25-6-2)16(22-18(24)21-14)13-10-8-7-9-11-13/h7-11,16,20H,5-6,12H2,1-4H3,(H2,21,22,24)/t16-/m0/s1. The Morgan fingerprint density at radius 2 is 1.92 bits per heavy atom. The van der Waals surface area contributed by atoms with E-state index in [4.69, 9.17) is 4.74 Å². The van der Waals surface area contributed by atoms with Crippen LogP contribution in [-0.4, -0.2) is 30.7 Å². The number of hydrogen-bond acceptors (Lipinski definition) is 4. The number of esters is 1. The Hall–Kier alpha value is -2.34. The lowest BCUT2D eigenvalue weighted by molar-refractivity contribution is -0.139. The quantitative estimate of drug-likeness (QED) is 0.664. The number of amides is 2. The van der Waals surface area contributed by atoms with E-state index in [0.717, 1.165) is 12.0 Å². The Balaban J connectivity index is 2.41. The molecule has 0 saturated carbocycles. The highest BCUT2D eigenvalue weighted by Gasteiger charge is 2.33. The number of ether oxygens (including phenoxy) is 1. The smallest absolute Gasteiger partial charge is 0.338 e. The number of rotatable bonds is 7. The van der Waals surface area contributed by atoms with Gasteiger partial charge in [-0.05, 0) is 32.8 Å². The molecule has 0 fully saturated rings. The van der Waals surface area contributed by atoms with Gasteiger partial charge in [-0.2, -0.15) is 0 Å². The van der Waals surface area contributed by atoms with Crippen LogP contribution < -0.4 is 16.0 Å². The van der Waals surface area contributed by atoms with Gasteiger partial charge in [-0.1, -0.05) is 37.3 Å². The number of benzene rings is 1.